The Hall–Kier alpha value is -3.52. The van der Waals surface area contributed by atoms with Gasteiger partial charge < -0.3 is 14.4 Å². The first-order valence-electron chi connectivity index (χ1n) is 9.74. The summed E-state index contributed by atoms with van der Waals surface area (Å²) in [5, 5.41) is 0. The zero-order valence-electron chi connectivity index (χ0n) is 16.9. The quantitative estimate of drug-likeness (QED) is 0.638. The van der Waals surface area contributed by atoms with E-state index in [2.05, 4.69) is 4.72 Å². The fourth-order valence-electron chi connectivity index (χ4n) is 3.29. The smallest absolute Gasteiger partial charge is 0.261 e. The first-order chi connectivity index (χ1) is 14.9. The Morgan fingerprint density at radius 2 is 1.71 bits per heavy atom. The first kappa shape index (κ1) is 20.7. The lowest BCUT2D eigenvalue weighted by Gasteiger charge is -2.29. The third kappa shape index (κ3) is 4.80. The van der Waals surface area contributed by atoms with Crippen LogP contribution in [0.15, 0.2) is 83.8 Å². The highest BCUT2D eigenvalue weighted by atomic mass is 32.2. The lowest BCUT2D eigenvalue weighted by Crippen LogP contribution is -2.41. The van der Waals surface area contributed by atoms with Gasteiger partial charge in [-0.15, -0.1) is 0 Å². The van der Waals surface area contributed by atoms with E-state index in [9.17, 15) is 13.2 Å². The summed E-state index contributed by atoms with van der Waals surface area (Å²) in [6.07, 6.45) is -0.302. The molecule has 4 rings (SSSR count). The predicted octanol–water partition coefficient (Wildman–Crippen LogP) is 3.40. The summed E-state index contributed by atoms with van der Waals surface area (Å²) in [6, 6.07) is 21.9. The molecule has 3 aromatic carbocycles. The molecule has 0 saturated heterocycles. The molecule has 0 bridgehead atoms. The number of rotatable bonds is 6. The van der Waals surface area contributed by atoms with Gasteiger partial charge in [0.1, 0.15) is 6.61 Å². The molecule has 0 radical (unpaired) electrons. The van der Waals surface area contributed by atoms with Gasteiger partial charge in [-0.05, 0) is 42.5 Å². The number of nitrogens with zero attached hydrogens (tertiary/aromatic N) is 1. The molecular formula is C23H22N2O5S. The number of benzene rings is 3. The average Bonchev–Trinajstić information content (AvgIpc) is 2.79. The van der Waals surface area contributed by atoms with Gasteiger partial charge in [0, 0.05) is 18.3 Å². The van der Waals surface area contributed by atoms with Crippen molar-refractivity contribution in [2.45, 2.75) is 11.0 Å². The van der Waals surface area contributed by atoms with Gasteiger partial charge in [-0.25, -0.2) is 8.42 Å². The Kier molecular flexibility index (Phi) is 5.81. The van der Waals surface area contributed by atoms with E-state index in [-0.39, 0.29) is 16.9 Å². The van der Waals surface area contributed by atoms with Crippen LogP contribution < -0.4 is 14.2 Å². The molecule has 1 atom stereocenters. The van der Waals surface area contributed by atoms with Crippen molar-refractivity contribution >= 4 is 21.6 Å². The van der Waals surface area contributed by atoms with Gasteiger partial charge in [0.15, 0.2) is 17.6 Å². The number of likely N-dealkylation sites (N-methyl/N-ethyl adjacent to an activating group) is 1. The van der Waals surface area contributed by atoms with Crippen molar-refractivity contribution in [3.8, 4) is 11.5 Å². The van der Waals surface area contributed by atoms with Crippen LogP contribution in [0.5, 0.6) is 11.5 Å². The summed E-state index contributed by atoms with van der Waals surface area (Å²) < 4.78 is 39.2. The van der Waals surface area contributed by atoms with Gasteiger partial charge in [0.05, 0.1) is 11.4 Å². The minimum Gasteiger partial charge on any atom is -0.486 e. The van der Waals surface area contributed by atoms with Crippen molar-refractivity contribution in [2.24, 2.45) is 0 Å². The first-order valence-corrected chi connectivity index (χ1v) is 11.2. The molecule has 0 spiro atoms. The molecule has 160 valence electrons. The van der Waals surface area contributed by atoms with Gasteiger partial charge >= 0.3 is 0 Å². The summed E-state index contributed by atoms with van der Waals surface area (Å²) >= 11 is 0. The Morgan fingerprint density at radius 1 is 1.00 bits per heavy atom. The fourth-order valence-corrected chi connectivity index (χ4v) is 4.36. The van der Waals surface area contributed by atoms with Crippen molar-refractivity contribution in [2.75, 3.05) is 24.9 Å². The number of hydrogen-bond acceptors (Lipinski definition) is 5. The number of nitrogens with one attached hydrogen (secondary N) is 1. The molecule has 1 unspecified atom stereocenters. The van der Waals surface area contributed by atoms with Gasteiger partial charge in [-0.3, -0.25) is 9.52 Å². The zero-order valence-corrected chi connectivity index (χ0v) is 17.7. The number of carbonyl (C=O) groups is 1. The van der Waals surface area contributed by atoms with Crippen LogP contribution >= 0.6 is 0 Å². The molecule has 8 heteroatoms. The number of fused-ring (bicyclic) bond motifs is 1. The Labute approximate surface area is 181 Å². The standard InChI is InChI=1S/C23H22N2O5S/c1-25(15-19-16-29-21-12-5-6-13-22(21)30-19)23(26)17-8-7-9-18(14-17)24-31(27,28)20-10-3-2-4-11-20/h2-14,19,24H,15-16H2,1H3. The number of para-hydroxylation sites is 2. The van der Waals surface area contributed by atoms with E-state index in [0.29, 0.717) is 35.9 Å². The summed E-state index contributed by atoms with van der Waals surface area (Å²) in [5.41, 5.74) is 0.683. The molecule has 0 fully saturated rings. The minimum atomic E-state index is -3.74. The van der Waals surface area contributed by atoms with E-state index < -0.39 is 10.0 Å². The second kappa shape index (κ2) is 8.69. The highest BCUT2D eigenvalue weighted by Crippen LogP contribution is 2.31. The van der Waals surface area contributed by atoms with E-state index in [1.54, 1.807) is 43.4 Å². The fraction of sp³-hybridized carbons (Fsp3) is 0.174. The zero-order chi connectivity index (χ0) is 21.8. The Morgan fingerprint density at radius 3 is 2.48 bits per heavy atom. The second-order valence-corrected chi connectivity index (χ2v) is 8.87. The van der Waals surface area contributed by atoms with Crippen LogP contribution in [-0.4, -0.2) is 45.5 Å². The van der Waals surface area contributed by atoms with Crippen LogP contribution in [0.4, 0.5) is 5.69 Å². The number of amides is 1. The van der Waals surface area contributed by atoms with Gasteiger partial charge in [0.25, 0.3) is 15.9 Å². The number of hydrogen-bond donors (Lipinski definition) is 1. The van der Waals surface area contributed by atoms with E-state index >= 15 is 0 Å². The van der Waals surface area contributed by atoms with Crippen LogP contribution in [0.1, 0.15) is 10.4 Å². The number of ether oxygens (including phenoxy) is 2. The SMILES string of the molecule is CN(CC1COc2ccccc2O1)C(=O)c1cccc(NS(=O)(=O)c2ccccc2)c1. The Balaban J connectivity index is 1.43. The van der Waals surface area contributed by atoms with E-state index in [1.807, 2.05) is 24.3 Å². The molecule has 1 amide bonds. The summed E-state index contributed by atoms with van der Waals surface area (Å²) in [7, 11) is -2.06. The molecule has 1 aliphatic rings. The molecule has 1 heterocycles. The van der Waals surface area contributed by atoms with Crippen LogP contribution in [0.25, 0.3) is 0 Å². The molecule has 3 aromatic rings. The van der Waals surface area contributed by atoms with Crippen LogP contribution in [-0.2, 0) is 10.0 Å². The van der Waals surface area contributed by atoms with Crippen LogP contribution in [0, 0.1) is 0 Å². The number of sulfonamides is 1. The van der Waals surface area contributed by atoms with Crippen molar-refractivity contribution in [1.29, 1.82) is 0 Å². The number of anilines is 1. The van der Waals surface area contributed by atoms with Crippen LogP contribution in [0.3, 0.4) is 0 Å². The third-order valence-corrected chi connectivity index (χ3v) is 6.20. The highest BCUT2D eigenvalue weighted by molar-refractivity contribution is 7.92. The molecule has 1 N–H and O–H groups in total. The topological polar surface area (TPSA) is 84.9 Å². The summed E-state index contributed by atoms with van der Waals surface area (Å²) in [5.74, 6) is 1.09. The maximum atomic E-state index is 12.9. The summed E-state index contributed by atoms with van der Waals surface area (Å²) in [6.45, 7) is 0.665. The molecule has 0 saturated carbocycles. The normalized spacial score (nSPS) is 15.2. The minimum absolute atomic E-state index is 0.151. The monoisotopic (exact) mass is 438 g/mol. The average molecular weight is 439 g/mol. The molecule has 31 heavy (non-hydrogen) atoms. The lowest BCUT2D eigenvalue weighted by atomic mass is 10.1. The van der Waals surface area contributed by atoms with E-state index in [4.69, 9.17) is 9.47 Å². The highest BCUT2D eigenvalue weighted by Gasteiger charge is 2.24. The van der Waals surface area contributed by atoms with Gasteiger partial charge in [-0.2, -0.15) is 0 Å². The van der Waals surface area contributed by atoms with Crippen molar-refractivity contribution in [1.82, 2.24) is 4.90 Å². The van der Waals surface area contributed by atoms with Crippen molar-refractivity contribution < 1.29 is 22.7 Å². The molecule has 7 nitrogen and oxygen atoms in total. The molecular weight excluding hydrogens is 416 g/mol. The maximum Gasteiger partial charge on any atom is 0.261 e. The van der Waals surface area contributed by atoms with Crippen molar-refractivity contribution in [3.63, 3.8) is 0 Å². The molecule has 0 aliphatic carbocycles. The largest absolute Gasteiger partial charge is 0.486 e. The maximum absolute atomic E-state index is 12.9. The van der Waals surface area contributed by atoms with E-state index in [1.165, 1.54) is 23.1 Å². The molecule has 0 aromatic heterocycles. The Bertz CT molecular complexity index is 1180. The predicted molar refractivity (Wildman–Crippen MR) is 117 cm³/mol. The lowest BCUT2D eigenvalue weighted by molar-refractivity contribution is 0.0521. The van der Waals surface area contributed by atoms with Gasteiger partial charge in [0.2, 0.25) is 0 Å². The number of carbonyl (C=O) groups excluding carboxylic acids is 1. The second-order valence-electron chi connectivity index (χ2n) is 7.18. The van der Waals surface area contributed by atoms with Crippen LogP contribution in [0.2, 0.25) is 0 Å². The molecule has 1 aliphatic heterocycles. The summed E-state index contributed by atoms with van der Waals surface area (Å²) in [4.78, 5) is 14.6. The third-order valence-electron chi connectivity index (χ3n) is 4.81. The van der Waals surface area contributed by atoms with E-state index in [0.717, 1.165) is 0 Å². The van der Waals surface area contributed by atoms with Crippen molar-refractivity contribution in [3.05, 3.63) is 84.4 Å². The van der Waals surface area contributed by atoms with Gasteiger partial charge in [-0.1, -0.05) is 36.4 Å².